The van der Waals surface area contributed by atoms with E-state index in [1.165, 1.54) is 0 Å². The van der Waals surface area contributed by atoms with Crippen LogP contribution in [0.1, 0.15) is 79.1 Å². The summed E-state index contributed by atoms with van der Waals surface area (Å²) in [5.41, 5.74) is -1.96. The summed E-state index contributed by atoms with van der Waals surface area (Å²) >= 11 is 0. The third kappa shape index (κ3) is 4.87. The first-order chi connectivity index (χ1) is 17.7. The molecule has 0 radical (unpaired) electrons. The minimum Gasteiger partial charge on any atom is -0.465 e. The van der Waals surface area contributed by atoms with Gasteiger partial charge in [-0.15, -0.1) is 13.2 Å². The van der Waals surface area contributed by atoms with Gasteiger partial charge in [-0.05, 0) is 51.9 Å². The van der Waals surface area contributed by atoms with Crippen LogP contribution in [0.2, 0.25) is 0 Å². The van der Waals surface area contributed by atoms with Crippen LogP contribution in [0.3, 0.4) is 0 Å². The van der Waals surface area contributed by atoms with Crippen LogP contribution in [0, 0.1) is 11.8 Å². The number of allylic oxidation sites excluding steroid dienone is 1. The summed E-state index contributed by atoms with van der Waals surface area (Å²) in [5, 5.41) is 10.2. The maximum absolute atomic E-state index is 14.4. The molecule has 2 amide bonds. The first-order valence-corrected chi connectivity index (χ1v) is 14.1. The Labute approximate surface area is 222 Å². The normalized spacial score (nSPS) is 31.6. The van der Waals surface area contributed by atoms with E-state index in [0.717, 1.165) is 19.3 Å². The van der Waals surface area contributed by atoms with Crippen LogP contribution in [0.4, 0.5) is 0 Å². The van der Waals surface area contributed by atoms with Crippen molar-refractivity contribution < 1.29 is 29.0 Å². The summed E-state index contributed by atoms with van der Waals surface area (Å²) < 4.78 is 12.5. The summed E-state index contributed by atoms with van der Waals surface area (Å²) in [7, 11) is 0. The zero-order chi connectivity index (χ0) is 27.4. The zero-order valence-corrected chi connectivity index (χ0v) is 23.1. The number of hydrogen-bond donors (Lipinski definition) is 1. The molecule has 0 aromatic carbocycles. The van der Waals surface area contributed by atoms with E-state index in [2.05, 4.69) is 20.1 Å². The van der Waals surface area contributed by atoms with Gasteiger partial charge in [0.05, 0.1) is 30.8 Å². The van der Waals surface area contributed by atoms with Gasteiger partial charge in [-0.3, -0.25) is 14.4 Å². The standard InChI is InChI=1S/C29H46N2O6/c1-7-12-13-18-36-27(35)23-22-25(33)31(21(10-4)19-32)24(29(22)16-15-28(23,11-5)37-29)26(34)30(17-9-3)20(6)14-8-2/h7,9,20-24,32H,1,3,8,10-19H2,2,4-6H3/t20?,21-,22-,23+,24?,28-,29?/m0/s1. The number of unbranched alkanes of at least 4 members (excludes halogenated alkanes) is 1. The van der Waals surface area contributed by atoms with Crippen LogP contribution in [0.15, 0.2) is 25.3 Å². The Kier molecular flexibility index (Phi) is 9.62. The second-order valence-corrected chi connectivity index (χ2v) is 10.8. The number of hydrogen-bond acceptors (Lipinski definition) is 6. The number of aliphatic hydroxyl groups excluding tert-OH is 1. The molecule has 7 atom stereocenters. The Bertz CT molecular complexity index is 872. The molecule has 0 aromatic rings. The van der Waals surface area contributed by atoms with Gasteiger partial charge >= 0.3 is 5.97 Å². The molecule has 208 valence electrons. The lowest BCUT2D eigenvalue weighted by Gasteiger charge is -2.41. The number of esters is 1. The first-order valence-electron chi connectivity index (χ1n) is 14.1. The molecule has 3 rings (SSSR count). The molecule has 2 bridgehead atoms. The molecule has 8 nitrogen and oxygen atoms in total. The summed E-state index contributed by atoms with van der Waals surface area (Å²) in [4.78, 5) is 45.4. The molecule has 3 aliphatic rings. The second-order valence-electron chi connectivity index (χ2n) is 10.8. The number of carbonyl (C=O) groups excluding carboxylic acids is 3. The summed E-state index contributed by atoms with van der Waals surface area (Å²) in [6.45, 7) is 15.8. The third-order valence-corrected chi connectivity index (χ3v) is 8.83. The van der Waals surface area contributed by atoms with Gasteiger partial charge in [0.15, 0.2) is 0 Å². The lowest BCUT2D eigenvalue weighted by Crippen LogP contribution is -2.60. The van der Waals surface area contributed by atoms with Gasteiger partial charge in [-0.25, -0.2) is 0 Å². The molecule has 1 N–H and O–H groups in total. The number of aliphatic hydroxyl groups is 1. The van der Waals surface area contributed by atoms with Gasteiger partial charge in [-0.1, -0.05) is 39.3 Å². The van der Waals surface area contributed by atoms with Crippen molar-refractivity contribution in [2.45, 2.75) is 108 Å². The van der Waals surface area contributed by atoms with E-state index in [1.807, 2.05) is 20.8 Å². The van der Waals surface area contributed by atoms with Crippen LogP contribution < -0.4 is 0 Å². The van der Waals surface area contributed by atoms with Crippen molar-refractivity contribution in [2.75, 3.05) is 19.8 Å². The molecule has 0 saturated carbocycles. The number of rotatable bonds is 15. The summed E-state index contributed by atoms with van der Waals surface area (Å²) in [6.07, 6.45) is 8.71. The minimum atomic E-state index is -1.12. The predicted octanol–water partition coefficient (Wildman–Crippen LogP) is 3.62. The number of ether oxygens (including phenoxy) is 2. The average molecular weight is 519 g/mol. The molecule has 8 heteroatoms. The highest BCUT2D eigenvalue weighted by Crippen LogP contribution is 2.65. The Hall–Kier alpha value is -2.19. The van der Waals surface area contributed by atoms with Gasteiger partial charge in [0, 0.05) is 12.6 Å². The van der Waals surface area contributed by atoms with Gasteiger partial charge in [0.2, 0.25) is 11.8 Å². The summed E-state index contributed by atoms with van der Waals surface area (Å²) in [6, 6.07) is -1.51. The summed E-state index contributed by atoms with van der Waals surface area (Å²) in [5.74, 6) is -2.51. The van der Waals surface area contributed by atoms with E-state index in [1.54, 1.807) is 22.0 Å². The Morgan fingerprint density at radius 1 is 1.27 bits per heavy atom. The first kappa shape index (κ1) is 29.4. The topological polar surface area (TPSA) is 96.4 Å². The highest BCUT2D eigenvalue weighted by atomic mass is 16.6. The fourth-order valence-corrected chi connectivity index (χ4v) is 6.95. The number of amides is 2. The Balaban J connectivity index is 2.07. The Morgan fingerprint density at radius 3 is 2.57 bits per heavy atom. The van der Waals surface area contributed by atoms with Crippen molar-refractivity contribution in [3.05, 3.63) is 25.3 Å². The average Bonchev–Trinajstić information content (AvgIpc) is 3.49. The third-order valence-electron chi connectivity index (χ3n) is 8.83. The maximum atomic E-state index is 14.4. The van der Waals surface area contributed by atoms with E-state index < -0.39 is 41.1 Å². The minimum absolute atomic E-state index is 0.0542. The fraction of sp³-hybridized carbons (Fsp3) is 0.759. The van der Waals surface area contributed by atoms with Gasteiger partial charge in [0.1, 0.15) is 17.6 Å². The largest absolute Gasteiger partial charge is 0.465 e. The second kappa shape index (κ2) is 12.1. The van der Waals surface area contributed by atoms with Crippen LogP contribution in [0.25, 0.3) is 0 Å². The SMILES string of the molecule is C=CCCCOC(=O)[C@H]1[C@H]2C(=O)N([C@@H](CC)CO)C(C(=O)N(CC=C)C(C)CCC)C23CC[C@]1(CC)O3. The van der Waals surface area contributed by atoms with Crippen LogP contribution in [-0.4, -0.2) is 81.8 Å². The van der Waals surface area contributed by atoms with E-state index in [9.17, 15) is 19.5 Å². The van der Waals surface area contributed by atoms with E-state index >= 15 is 0 Å². The maximum Gasteiger partial charge on any atom is 0.312 e. The van der Waals surface area contributed by atoms with Crippen LogP contribution >= 0.6 is 0 Å². The highest BCUT2D eigenvalue weighted by Gasteiger charge is 2.79. The quantitative estimate of drug-likeness (QED) is 0.202. The molecule has 3 aliphatic heterocycles. The van der Waals surface area contributed by atoms with E-state index in [0.29, 0.717) is 38.6 Å². The monoisotopic (exact) mass is 518 g/mol. The smallest absolute Gasteiger partial charge is 0.312 e. The molecule has 3 fully saturated rings. The van der Waals surface area contributed by atoms with E-state index in [4.69, 9.17) is 9.47 Å². The number of carbonyl (C=O) groups is 3. The zero-order valence-electron chi connectivity index (χ0n) is 23.1. The number of nitrogens with zero attached hydrogens (tertiary/aromatic N) is 2. The molecule has 0 aliphatic carbocycles. The predicted molar refractivity (Wildman–Crippen MR) is 142 cm³/mol. The molecular formula is C29H46N2O6. The van der Waals surface area contributed by atoms with E-state index in [-0.39, 0.29) is 31.1 Å². The molecule has 1 spiro atoms. The lowest BCUT2D eigenvalue weighted by molar-refractivity contribution is -0.164. The number of fused-ring (bicyclic) bond motifs is 1. The van der Waals surface area contributed by atoms with Crippen molar-refractivity contribution in [2.24, 2.45) is 11.8 Å². The van der Waals surface area contributed by atoms with Crippen molar-refractivity contribution in [1.29, 1.82) is 0 Å². The van der Waals surface area contributed by atoms with Crippen LogP contribution in [0.5, 0.6) is 0 Å². The molecule has 3 unspecified atom stereocenters. The highest BCUT2D eigenvalue weighted by molar-refractivity contribution is 5.98. The molecular weight excluding hydrogens is 472 g/mol. The number of likely N-dealkylation sites (tertiary alicyclic amines) is 1. The van der Waals surface area contributed by atoms with Crippen molar-refractivity contribution in [3.8, 4) is 0 Å². The van der Waals surface area contributed by atoms with Gasteiger partial charge in [0.25, 0.3) is 0 Å². The van der Waals surface area contributed by atoms with Crippen LogP contribution in [-0.2, 0) is 23.9 Å². The van der Waals surface area contributed by atoms with Crippen molar-refractivity contribution >= 4 is 17.8 Å². The molecule has 37 heavy (non-hydrogen) atoms. The molecule has 0 aromatic heterocycles. The van der Waals surface area contributed by atoms with Crippen molar-refractivity contribution in [1.82, 2.24) is 9.80 Å². The van der Waals surface area contributed by atoms with Gasteiger partial charge < -0.3 is 24.4 Å². The molecule has 3 heterocycles. The fourth-order valence-electron chi connectivity index (χ4n) is 6.95. The Morgan fingerprint density at radius 2 is 2.00 bits per heavy atom. The molecule has 3 saturated heterocycles. The lowest BCUT2D eigenvalue weighted by atomic mass is 9.65. The van der Waals surface area contributed by atoms with Crippen molar-refractivity contribution in [3.63, 3.8) is 0 Å². The van der Waals surface area contributed by atoms with Gasteiger partial charge in [-0.2, -0.15) is 0 Å².